The number of rotatable bonds is 12. The molecule has 6 aromatic rings. The van der Waals surface area contributed by atoms with Crippen molar-refractivity contribution >= 4 is 22.8 Å². The van der Waals surface area contributed by atoms with Crippen molar-refractivity contribution in [2.75, 3.05) is 39.4 Å². The Bertz CT molecular complexity index is 2370. The number of carbonyl (C=O) groups is 2. The second-order valence-corrected chi connectivity index (χ2v) is 13.1. The first-order valence-corrected chi connectivity index (χ1v) is 17.8. The van der Waals surface area contributed by atoms with Crippen LogP contribution in [-0.2, 0) is 28.8 Å². The Labute approximate surface area is 325 Å². The van der Waals surface area contributed by atoms with Gasteiger partial charge in [-0.05, 0) is 55.0 Å². The quantitative estimate of drug-likeness (QED) is 0.0902. The molecule has 1 aliphatic rings. The van der Waals surface area contributed by atoms with Gasteiger partial charge in [-0.15, -0.1) is 0 Å². The highest BCUT2D eigenvalue weighted by Crippen LogP contribution is 2.32. The third-order valence-corrected chi connectivity index (χ3v) is 9.05. The van der Waals surface area contributed by atoms with E-state index in [2.05, 4.69) is 25.0 Å². The van der Waals surface area contributed by atoms with Gasteiger partial charge in [0.2, 0.25) is 11.7 Å². The van der Waals surface area contributed by atoms with Gasteiger partial charge < -0.3 is 28.2 Å². The van der Waals surface area contributed by atoms with Gasteiger partial charge >= 0.3 is 18.3 Å². The van der Waals surface area contributed by atoms with Crippen LogP contribution in [0, 0.1) is 0 Å². The van der Waals surface area contributed by atoms with E-state index in [0.29, 0.717) is 54.9 Å². The molecule has 0 saturated carbocycles. The maximum absolute atomic E-state index is 14.0. The molecule has 1 aliphatic heterocycles. The molecule has 0 N–H and O–H groups in total. The number of amides is 1. The molecule has 1 saturated heterocycles. The molecule has 3 aromatic carbocycles. The lowest BCUT2D eigenvalue weighted by Crippen LogP contribution is -2.48. The molecule has 0 bridgehead atoms. The molecule has 13 nitrogen and oxygen atoms in total. The van der Waals surface area contributed by atoms with Crippen LogP contribution < -0.4 is 9.47 Å². The van der Waals surface area contributed by atoms with Crippen LogP contribution in [0.4, 0.5) is 26.3 Å². The van der Waals surface area contributed by atoms with E-state index < -0.39 is 30.5 Å². The maximum Gasteiger partial charge on any atom is 0.422 e. The summed E-state index contributed by atoms with van der Waals surface area (Å²) in [6, 6.07) is 17.5. The van der Waals surface area contributed by atoms with Gasteiger partial charge in [-0.3, -0.25) is 14.5 Å². The lowest BCUT2D eigenvalue weighted by molar-refractivity contribution is -0.153. The zero-order valence-corrected chi connectivity index (χ0v) is 30.6. The maximum atomic E-state index is 14.0. The number of esters is 1. The Morgan fingerprint density at radius 2 is 1.57 bits per heavy atom. The van der Waals surface area contributed by atoms with Crippen LogP contribution in [0.15, 0.2) is 89.7 Å². The van der Waals surface area contributed by atoms with Crippen LogP contribution in [0.25, 0.3) is 33.9 Å². The molecule has 0 atom stereocenters. The highest BCUT2D eigenvalue weighted by atomic mass is 19.4. The van der Waals surface area contributed by atoms with E-state index in [1.807, 2.05) is 0 Å². The summed E-state index contributed by atoms with van der Waals surface area (Å²) in [6.07, 6.45) is -6.26. The first-order chi connectivity index (χ1) is 27.7. The summed E-state index contributed by atoms with van der Waals surface area (Å²) < 4.78 is 99.0. The van der Waals surface area contributed by atoms with Crippen molar-refractivity contribution in [2.45, 2.75) is 32.4 Å². The number of ether oxygens (including phenoxy) is 3. The summed E-state index contributed by atoms with van der Waals surface area (Å²) >= 11 is 0. The number of fused-ring (bicyclic) bond motifs is 1. The molecule has 0 spiro atoms. The first kappa shape index (κ1) is 39.7. The van der Waals surface area contributed by atoms with Crippen molar-refractivity contribution in [3.63, 3.8) is 0 Å². The minimum atomic E-state index is -4.48. The van der Waals surface area contributed by atoms with Gasteiger partial charge in [0.15, 0.2) is 6.61 Å². The van der Waals surface area contributed by atoms with Crippen LogP contribution in [-0.4, -0.2) is 91.9 Å². The van der Waals surface area contributed by atoms with Gasteiger partial charge in [-0.2, -0.15) is 31.3 Å². The van der Waals surface area contributed by atoms with Crippen LogP contribution >= 0.6 is 0 Å². The fourth-order valence-corrected chi connectivity index (χ4v) is 6.22. The Kier molecular flexibility index (Phi) is 11.3. The van der Waals surface area contributed by atoms with Gasteiger partial charge in [-0.25, -0.2) is 9.97 Å². The standard InChI is InChI=1S/C39H33F6N7O6/c1-2-55-34(53)22-52-31-18-29(57-33-20-46-30(19-47-33)36-48-35(49-58-36)25-5-8-27(9-6-25)39(43,44)45)12-7-26(31)17-32(52)37(54)51-15-13-50(14-16-51)21-24-3-10-28(11-4-24)56-23-38(40,41)42/h3-12,17-20H,2,13-16,21-23H2,1H3. The number of nitrogens with zero attached hydrogens (tertiary/aromatic N) is 7. The summed E-state index contributed by atoms with van der Waals surface area (Å²) in [5.74, 6) is -0.231. The van der Waals surface area contributed by atoms with Gasteiger partial charge in [0, 0.05) is 49.7 Å². The average molecular weight is 810 g/mol. The van der Waals surface area contributed by atoms with Crippen LogP contribution in [0.2, 0.25) is 0 Å². The van der Waals surface area contributed by atoms with E-state index in [9.17, 15) is 35.9 Å². The molecule has 1 amide bonds. The highest BCUT2D eigenvalue weighted by Gasteiger charge is 2.31. The summed E-state index contributed by atoms with van der Waals surface area (Å²) in [4.78, 5) is 43.3. The van der Waals surface area contributed by atoms with Gasteiger partial charge in [-0.1, -0.05) is 29.4 Å². The zero-order valence-electron chi connectivity index (χ0n) is 30.6. The molecule has 302 valence electrons. The fourth-order valence-electron chi connectivity index (χ4n) is 6.22. The lowest BCUT2D eigenvalue weighted by Gasteiger charge is -2.35. The molecule has 0 radical (unpaired) electrons. The number of halogens is 6. The number of alkyl halides is 6. The Hall–Kier alpha value is -6.50. The number of carbonyl (C=O) groups excluding carboxylic acids is 2. The van der Waals surface area contributed by atoms with Crippen LogP contribution in [0.5, 0.6) is 17.4 Å². The van der Waals surface area contributed by atoms with Crippen LogP contribution in [0.1, 0.15) is 28.5 Å². The molecular formula is C39H33F6N7O6. The molecule has 0 aliphatic carbocycles. The molecule has 1 fully saturated rings. The molecule has 3 aromatic heterocycles. The second-order valence-electron chi connectivity index (χ2n) is 13.1. The minimum Gasteiger partial charge on any atom is -0.484 e. The van der Waals surface area contributed by atoms with Crippen molar-refractivity contribution in [2.24, 2.45) is 0 Å². The number of piperazine rings is 1. The van der Waals surface area contributed by atoms with Crippen molar-refractivity contribution in [1.29, 1.82) is 0 Å². The van der Waals surface area contributed by atoms with Crippen LogP contribution in [0.3, 0.4) is 0 Å². The normalized spacial score (nSPS) is 13.8. The molecule has 4 heterocycles. The smallest absolute Gasteiger partial charge is 0.422 e. The largest absolute Gasteiger partial charge is 0.484 e. The Balaban J connectivity index is 1.02. The molecular weight excluding hydrogens is 776 g/mol. The predicted octanol–water partition coefficient (Wildman–Crippen LogP) is 7.42. The molecule has 58 heavy (non-hydrogen) atoms. The van der Waals surface area contributed by atoms with Crippen molar-refractivity contribution < 1.29 is 54.7 Å². The lowest BCUT2D eigenvalue weighted by atomic mass is 10.1. The summed E-state index contributed by atoms with van der Waals surface area (Å²) in [5.41, 5.74) is 1.39. The molecule has 0 unspecified atom stereocenters. The van der Waals surface area contributed by atoms with E-state index in [1.165, 1.54) is 36.7 Å². The van der Waals surface area contributed by atoms with Gasteiger partial charge in [0.1, 0.15) is 29.4 Å². The average Bonchev–Trinajstić information content (AvgIpc) is 3.83. The van der Waals surface area contributed by atoms with E-state index in [0.717, 1.165) is 17.7 Å². The predicted molar refractivity (Wildman–Crippen MR) is 194 cm³/mol. The number of hydrogen-bond donors (Lipinski definition) is 0. The fraction of sp³-hybridized carbons (Fsp3) is 0.282. The topological polar surface area (TPSA) is 138 Å². The van der Waals surface area contributed by atoms with E-state index in [4.69, 9.17) is 18.7 Å². The monoisotopic (exact) mass is 809 g/mol. The van der Waals surface area contributed by atoms with Gasteiger partial charge in [0.05, 0.1) is 30.1 Å². The van der Waals surface area contributed by atoms with E-state index in [-0.39, 0.29) is 53.8 Å². The first-order valence-electron chi connectivity index (χ1n) is 17.8. The SMILES string of the molecule is CCOC(=O)Cn1c(C(=O)N2CCN(Cc3ccc(OCC(F)(F)F)cc3)CC2)cc2ccc(Oc3cnc(-c4nc(-c5ccc(C(F)(F)F)cc5)no4)cn3)cc21. The number of hydrogen-bond acceptors (Lipinski definition) is 11. The van der Waals surface area contributed by atoms with Crippen molar-refractivity contribution in [1.82, 2.24) is 34.5 Å². The third kappa shape index (κ3) is 9.54. The molecule has 7 rings (SSSR count). The second kappa shape index (κ2) is 16.5. The number of aromatic nitrogens is 5. The minimum absolute atomic E-state index is 0.0167. The van der Waals surface area contributed by atoms with Crippen molar-refractivity contribution in [3.8, 4) is 40.4 Å². The molecule has 19 heteroatoms. The third-order valence-electron chi connectivity index (χ3n) is 9.05. The summed E-state index contributed by atoms with van der Waals surface area (Å²) in [5, 5.41) is 4.50. The van der Waals surface area contributed by atoms with E-state index in [1.54, 1.807) is 52.8 Å². The summed E-state index contributed by atoms with van der Waals surface area (Å²) in [7, 11) is 0. The highest BCUT2D eigenvalue weighted by molar-refractivity contribution is 5.99. The number of benzene rings is 3. The summed E-state index contributed by atoms with van der Waals surface area (Å²) in [6.45, 7) is 2.64. The zero-order chi connectivity index (χ0) is 41.0. The van der Waals surface area contributed by atoms with Gasteiger partial charge in [0.25, 0.3) is 11.8 Å². The van der Waals surface area contributed by atoms with Crippen molar-refractivity contribution in [3.05, 3.63) is 102 Å². The Morgan fingerprint density at radius 1 is 0.845 bits per heavy atom. The Morgan fingerprint density at radius 3 is 2.22 bits per heavy atom. The van der Waals surface area contributed by atoms with E-state index >= 15 is 0 Å².